The molecule has 0 aliphatic carbocycles. The summed E-state index contributed by atoms with van der Waals surface area (Å²) in [5, 5.41) is 0.926. The van der Waals surface area contributed by atoms with Gasteiger partial charge in [0.15, 0.2) is 0 Å². The van der Waals surface area contributed by atoms with Gasteiger partial charge in [-0.25, -0.2) is 4.98 Å². The first kappa shape index (κ1) is 14.4. The first-order valence-electron chi connectivity index (χ1n) is 5.69. The second-order valence-electron chi connectivity index (χ2n) is 4.15. The van der Waals surface area contributed by atoms with Gasteiger partial charge in [-0.05, 0) is 12.1 Å². The Hall–Kier alpha value is -1.01. The maximum atomic E-state index is 6.03. The molecule has 1 aromatic heterocycles. The lowest BCUT2D eigenvalue weighted by Gasteiger charge is -2.16. The highest BCUT2D eigenvalue weighted by molar-refractivity contribution is 6.42. The minimum atomic E-state index is -0.112. The molecular formula is C12H15Cl2N3O2. The van der Waals surface area contributed by atoms with Crippen LogP contribution in [0, 0.1) is 0 Å². The van der Waals surface area contributed by atoms with Crippen LogP contribution in [-0.4, -0.2) is 36.5 Å². The lowest BCUT2D eigenvalue weighted by Crippen LogP contribution is -2.24. The molecule has 0 radical (unpaired) electrons. The maximum Gasteiger partial charge on any atom is 0.201 e. The molecule has 0 spiro atoms. The van der Waals surface area contributed by atoms with Gasteiger partial charge >= 0.3 is 0 Å². The van der Waals surface area contributed by atoms with Crippen LogP contribution in [0.25, 0.3) is 11.0 Å². The molecule has 104 valence electrons. The summed E-state index contributed by atoms with van der Waals surface area (Å²) in [7, 11) is 3.25. The van der Waals surface area contributed by atoms with Gasteiger partial charge in [-0.1, -0.05) is 23.2 Å². The number of halogens is 2. The molecule has 5 nitrogen and oxygen atoms in total. The molecule has 2 aromatic rings. The van der Waals surface area contributed by atoms with Crippen LogP contribution < -0.4 is 5.73 Å². The number of aromatic nitrogens is 2. The molecule has 0 saturated carbocycles. The molecule has 0 bridgehead atoms. The van der Waals surface area contributed by atoms with Gasteiger partial charge in [0.2, 0.25) is 5.95 Å². The first-order chi connectivity index (χ1) is 9.06. The Labute approximate surface area is 121 Å². The molecule has 1 aromatic carbocycles. The van der Waals surface area contributed by atoms with E-state index in [1.807, 2.05) is 4.57 Å². The van der Waals surface area contributed by atoms with E-state index < -0.39 is 0 Å². The summed E-state index contributed by atoms with van der Waals surface area (Å²) in [5.41, 5.74) is 7.45. The van der Waals surface area contributed by atoms with Crippen molar-refractivity contribution in [2.75, 3.05) is 26.6 Å². The van der Waals surface area contributed by atoms with Crippen LogP contribution in [0.15, 0.2) is 12.1 Å². The first-order valence-corrected chi connectivity index (χ1v) is 6.45. The number of imidazole rings is 1. The number of hydrogen-bond acceptors (Lipinski definition) is 4. The number of nitrogens with two attached hydrogens (primary N) is 1. The van der Waals surface area contributed by atoms with E-state index in [4.69, 9.17) is 38.4 Å². The van der Waals surface area contributed by atoms with Crippen molar-refractivity contribution in [2.45, 2.75) is 12.6 Å². The lowest BCUT2D eigenvalue weighted by atomic mass is 10.3. The highest BCUT2D eigenvalue weighted by Crippen LogP contribution is 2.29. The zero-order valence-electron chi connectivity index (χ0n) is 10.7. The normalized spacial score (nSPS) is 13.1. The average molecular weight is 304 g/mol. The van der Waals surface area contributed by atoms with Crippen LogP contribution in [0.5, 0.6) is 0 Å². The second kappa shape index (κ2) is 5.96. The molecule has 1 heterocycles. The predicted octanol–water partition coefficient (Wildman–Crippen LogP) is 2.59. The van der Waals surface area contributed by atoms with Crippen molar-refractivity contribution in [1.82, 2.24) is 9.55 Å². The third kappa shape index (κ3) is 2.95. The second-order valence-corrected chi connectivity index (χ2v) is 4.96. The zero-order chi connectivity index (χ0) is 14.0. The molecule has 19 heavy (non-hydrogen) atoms. The van der Waals surface area contributed by atoms with Gasteiger partial charge in [-0.2, -0.15) is 0 Å². The highest BCUT2D eigenvalue weighted by atomic mass is 35.5. The lowest BCUT2D eigenvalue weighted by molar-refractivity contribution is 0.0193. The average Bonchev–Trinajstić information content (AvgIpc) is 2.66. The van der Waals surface area contributed by atoms with Crippen molar-refractivity contribution < 1.29 is 9.47 Å². The van der Waals surface area contributed by atoms with E-state index in [0.29, 0.717) is 34.7 Å². The van der Waals surface area contributed by atoms with Crippen molar-refractivity contribution in [1.29, 1.82) is 0 Å². The molecule has 0 aliphatic heterocycles. The van der Waals surface area contributed by atoms with Gasteiger partial charge < -0.3 is 19.8 Å². The number of methoxy groups -OCH3 is 2. The molecule has 0 amide bonds. The maximum absolute atomic E-state index is 6.03. The molecule has 0 aliphatic rings. The third-order valence-corrected chi connectivity index (χ3v) is 3.61. The number of anilines is 1. The monoisotopic (exact) mass is 303 g/mol. The Bertz CT molecular complexity index is 586. The number of nitrogen functional groups attached to an aromatic ring is 1. The van der Waals surface area contributed by atoms with Crippen LogP contribution in [0.1, 0.15) is 0 Å². The Morgan fingerprint density at radius 1 is 1.32 bits per heavy atom. The molecule has 2 rings (SSSR count). The summed E-state index contributed by atoms with van der Waals surface area (Å²) in [5.74, 6) is 0.395. The van der Waals surface area contributed by atoms with Crippen LogP contribution >= 0.6 is 23.2 Å². The summed E-state index contributed by atoms with van der Waals surface area (Å²) < 4.78 is 12.3. The van der Waals surface area contributed by atoms with Crippen molar-refractivity contribution in [3.63, 3.8) is 0 Å². The van der Waals surface area contributed by atoms with E-state index in [1.54, 1.807) is 26.4 Å². The van der Waals surface area contributed by atoms with Crippen molar-refractivity contribution in [3.8, 4) is 0 Å². The van der Waals surface area contributed by atoms with Crippen LogP contribution in [0.3, 0.4) is 0 Å². The van der Waals surface area contributed by atoms with E-state index in [2.05, 4.69) is 4.98 Å². The van der Waals surface area contributed by atoms with E-state index in [0.717, 1.165) is 5.52 Å². The Kier molecular flexibility index (Phi) is 4.52. The quantitative estimate of drug-likeness (QED) is 0.922. The van der Waals surface area contributed by atoms with Crippen molar-refractivity contribution in [2.24, 2.45) is 0 Å². The standard InChI is InChI=1S/C12H15Cl2N3O2/c1-18-6-7(19-2)5-17-11-4-9(14)8(13)3-10(11)16-12(17)15/h3-4,7H,5-6H2,1-2H3,(H2,15,16). The van der Waals surface area contributed by atoms with Crippen molar-refractivity contribution in [3.05, 3.63) is 22.2 Å². The van der Waals surface area contributed by atoms with Crippen LogP contribution in [0.4, 0.5) is 5.95 Å². The van der Waals surface area contributed by atoms with E-state index in [9.17, 15) is 0 Å². The Morgan fingerprint density at radius 2 is 2.00 bits per heavy atom. The Balaban J connectivity index is 2.42. The van der Waals surface area contributed by atoms with E-state index in [-0.39, 0.29) is 6.10 Å². The minimum Gasteiger partial charge on any atom is -0.382 e. The summed E-state index contributed by atoms with van der Waals surface area (Å²) in [6.45, 7) is 1.00. The molecule has 7 heteroatoms. The number of ether oxygens (including phenoxy) is 2. The van der Waals surface area contributed by atoms with Gasteiger partial charge in [0.1, 0.15) is 0 Å². The number of hydrogen-bond donors (Lipinski definition) is 1. The molecular weight excluding hydrogens is 289 g/mol. The van der Waals surface area contributed by atoms with Crippen LogP contribution in [0.2, 0.25) is 10.0 Å². The van der Waals surface area contributed by atoms with Gasteiger partial charge in [0.25, 0.3) is 0 Å². The molecule has 0 saturated heterocycles. The topological polar surface area (TPSA) is 62.3 Å². The summed E-state index contributed by atoms with van der Waals surface area (Å²) in [6, 6.07) is 3.45. The smallest absolute Gasteiger partial charge is 0.201 e. The third-order valence-electron chi connectivity index (χ3n) is 2.89. The minimum absolute atomic E-state index is 0.112. The SMILES string of the molecule is COCC(Cn1c(N)nc2cc(Cl)c(Cl)cc21)OC. The molecule has 1 unspecified atom stereocenters. The van der Waals surface area contributed by atoms with E-state index in [1.165, 1.54) is 0 Å². The number of benzene rings is 1. The van der Waals surface area contributed by atoms with Crippen molar-refractivity contribution >= 4 is 40.2 Å². The van der Waals surface area contributed by atoms with Gasteiger partial charge in [-0.15, -0.1) is 0 Å². The van der Waals surface area contributed by atoms with Crippen LogP contribution in [-0.2, 0) is 16.0 Å². The molecule has 1 atom stereocenters. The summed E-state index contributed by atoms with van der Waals surface area (Å²) in [6.07, 6.45) is -0.112. The largest absolute Gasteiger partial charge is 0.382 e. The zero-order valence-corrected chi connectivity index (χ0v) is 12.2. The Morgan fingerprint density at radius 3 is 2.63 bits per heavy atom. The molecule has 2 N–H and O–H groups in total. The fourth-order valence-corrected chi connectivity index (χ4v) is 2.23. The summed E-state index contributed by atoms with van der Waals surface area (Å²) in [4.78, 5) is 4.26. The predicted molar refractivity (Wildman–Crippen MR) is 76.8 cm³/mol. The number of fused-ring (bicyclic) bond motifs is 1. The summed E-state index contributed by atoms with van der Waals surface area (Å²) >= 11 is 12.0. The number of nitrogens with zero attached hydrogens (tertiary/aromatic N) is 2. The molecule has 0 fully saturated rings. The highest BCUT2D eigenvalue weighted by Gasteiger charge is 2.15. The fourth-order valence-electron chi connectivity index (χ4n) is 1.92. The van der Waals surface area contributed by atoms with E-state index >= 15 is 0 Å². The van der Waals surface area contributed by atoms with Gasteiger partial charge in [0.05, 0.1) is 40.3 Å². The van der Waals surface area contributed by atoms with Gasteiger partial charge in [-0.3, -0.25) is 0 Å². The fraction of sp³-hybridized carbons (Fsp3) is 0.417. The number of rotatable bonds is 5. The van der Waals surface area contributed by atoms with Gasteiger partial charge in [0, 0.05) is 14.2 Å².